The highest BCUT2D eigenvalue weighted by Crippen LogP contribution is 2.16. The van der Waals surface area contributed by atoms with Gasteiger partial charge in [0.1, 0.15) is 0 Å². The first-order valence-corrected chi connectivity index (χ1v) is 5.08. The van der Waals surface area contributed by atoms with E-state index in [0.29, 0.717) is 19.3 Å². The molecule has 16 heavy (non-hydrogen) atoms. The van der Waals surface area contributed by atoms with Crippen LogP contribution in [0.4, 0.5) is 13.2 Å². The molecule has 0 unspecified atom stereocenters. The third-order valence-corrected chi connectivity index (χ3v) is 1.99. The highest BCUT2D eigenvalue weighted by molar-refractivity contribution is 5.76. The molecule has 0 saturated carbocycles. The molecular formula is C9H18F3N3O. The second-order valence-corrected chi connectivity index (χ2v) is 3.60. The lowest BCUT2D eigenvalue weighted by molar-refractivity contribution is -0.146. The zero-order valence-corrected chi connectivity index (χ0v) is 9.06. The summed E-state index contributed by atoms with van der Waals surface area (Å²) in [5.41, 5.74) is 5.12. The van der Waals surface area contributed by atoms with Crippen LogP contribution >= 0.6 is 0 Å². The van der Waals surface area contributed by atoms with Crippen LogP contribution in [0.1, 0.15) is 19.3 Å². The summed E-state index contributed by atoms with van der Waals surface area (Å²) in [6.07, 6.45) is -2.71. The summed E-state index contributed by atoms with van der Waals surface area (Å²) < 4.78 is 36.3. The Morgan fingerprint density at radius 1 is 1.25 bits per heavy atom. The Bertz CT molecular complexity index is 209. The molecule has 4 N–H and O–H groups in total. The van der Waals surface area contributed by atoms with E-state index < -0.39 is 12.7 Å². The molecular weight excluding hydrogens is 223 g/mol. The van der Waals surface area contributed by atoms with Crippen LogP contribution in [0, 0.1) is 5.41 Å². The number of amidine groups is 1. The largest absolute Gasteiger partial charge is 0.401 e. The summed E-state index contributed by atoms with van der Waals surface area (Å²) in [6, 6.07) is 0. The van der Waals surface area contributed by atoms with Crippen molar-refractivity contribution in [1.82, 2.24) is 4.90 Å². The lowest BCUT2D eigenvalue weighted by Gasteiger charge is -2.22. The van der Waals surface area contributed by atoms with Crippen LogP contribution in [0.2, 0.25) is 0 Å². The minimum Gasteiger partial charge on any atom is -0.395 e. The van der Waals surface area contributed by atoms with Crippen molar-refractivity contribution in [1.29, 1.82) is 5.41 Å². The number of alkyl halides is 3. The van der Waals surface area contributed by atoms with Gasteiger partial charge in [-0.1, -0.05) is 0 Å². The van der Waals surface area contributed by atoms with Crippen LogP contribution in [-0.4, -0.2) is 48.3 Å². The average Bonchev–Trinajstić information content (AvgIpc) is 2.09. The Kier molecular flexibility index (Phi) is 7.07. The molecule has 96 valence electrons. The van der Waals surface area contributed by atoms with Gasteiger partial charge in [-0.15, -0.1) is 0 Å². The number of aliphatic hydroxyl groups excluding tert-OH is 1. The predicted octanol–water partition coefficient (Wildman–Crippen LogP) is 0.949. The monoisotopic (exact) mass is 241 g/mol. The fourth-order valence-electron chi connectivity index (χ4n) is 1.32. The van der Waals surface area contributed by atoms with Gasteiger partial charge in [0.2, 0.25) is 0 Å². The highest BCUT2D eigenvalue weighted by Gasteiger charge is 2.30. The van der Waals surface area contributed by atoms with Gasteiger partial charge in [-0.25, -0.2) is 0 Å². The Morgan fingerprint density at radius 2 is 1.88 bits per heavy atom. The summed E-state index contributed by atoms with van der Waals surface area (Å²) in [5, 5.41) is 15.6. The molecule has 0 saturated heterocycles. The molecule has 0 aromatic carbocycles. The number of nitrogens with two attached hydrogens (primary N) is 1. The Labute approximate surface area is 92.7 Å². The van der Waals surface area contributed by atoms with Crippen molar-refractivity contribution >= 4 is 5.84 Å². The van der Waals surface area contributed by atoms with Crippen molar-refractivity contribution in [3.05, 3.63) is 0 Å². The Hall–Kier alpha value is -0.820. The second kappa shape index (κ2) is 7.45. The van der Waals surface area contributed by atoms with Gasteiger partial charge in [0.15, 0.2) is 0 Å². The van der Waals surface area contributed by atoms with E-state index in [-0.39, 0.29) is 25.5 Å². The van der Waals surface area contributed by atoms with Crippen molar-refractivity contribution in [2.24, 2.45) is 5.73 Å². The van der Waals surface area contributed by atoms with Crippen LogP contribution in [-0.2, 0) is 0 Å². The van der Waals surface area contributed by atoms with E-state index in [1.807, 2.05) is 0 Å². The van der Waals surface area contributed by atoms with Crippen molar-refractivity contribution in [2.45, 2.75) is 25.4 Å². The van der Waals surface area contributed by atoms with Gasteiger partial charge in [-0.2, -0.15) is 13.2 Å². The fraction of sp³-hybridized carbons (Fsp3) is 0.889. The number of nitrogens with one attached hydrogen (secondary N) is 1. The second-order valence-electron chi connectivity index (χ2n) is 3.60. The van der Waals surface area contributed by atoms with E-state index in [9.17, 15) is 13.2 Å². The number of aliphatic hydroxyl groups is 1. The van der Waals surface area contributed by atoms with Crippen LogP contribution < -0.4 is 5.73 Å². The first-order valence-electron chi connectivity index (χ1n) is 5.08. The fourth-order valence-corrected chi connectivity index (χ4v) is 1.32. The molecule has 0 aliphatic carbocycles. The van der Waals surface area contributed by atoms with Crippen LogP contribution in [0.25, 0.3) is 0 Å². The summed E-state index contributed by atoms with van der Waals surface area (Å²) in [5.74, 6) is 0.0459. The first kappa shape index (κ1) is 15.2. The minimum absolute atomic E-state index is 0.0135. The van der Waals surface area contributed by atoms with Crippen molar-refractivity contribution < 1.29 is 18.3 Å². The molecule has 7 heteroatoms. The quantitative estimate of drug-likeness (QED) is 0.336. The number of rotatable bonds is 8. The van der Waals surface area contributed by atoms with Gasteiger partial charge >= 0.3 is 6.18 Å². The smallest absolute Gasteiger partial charge is 0.395 e. The number of nitrogens with zero attached hydrogens (tertiary/aromatic N) is 1. The normalized spacial score (nSPS) is 12.1. The summed E-state index contributed by atoms with van der Waals surface area (Å²) >= 11 is 0. The summed E-state index contributed by atoms with van der Waals surface area (Å²) in [4.78, 5) is 1.15. The van der Waals surface area contributed by atoms with Gasteiger partial charge < -0.3 is 10.8 Å². The molecule has 0 bridgehead atoms. The van der Waals surface area contributed by atoms with Gasteiger partial charge in [-0.05, 0) is 19.4 Å². The van der Waals surface area contributed by atoms with Gasteiger partial charge in [0.25, 0.3) is 0 Å². The molecule has 0 fully saturated rings. The van der Waals surface area contributed by atoms with Crippen molar-refractivity contribution in [2.75, 3.05) is 26.2 Å². The van der Waals surface area contributed by atoms with E-state index in [2.05, 4.69) is 0 Å². The van der Waals surface area contributed by atoms with Gasteiger partial charge in [-0.3, -0.25) is 10.3 Å². The van der Waals surface area contributed by atoms with Crippen molar-refractivity contribution in [3.8, 4) is 0 Å². The van der Waals surface area contributed by atoms with E-state index in [4.69, 9.17) is 16.2 Å². The maximum Gasteiger partial charge on any atom is 0.401 e. The Morgan fingerprint density at radius 3 is 2.31 bits per heavy atom. The van der Waals surface area contributed by atoms with Crippen LogP contribution in [0.3, 0.4) is 0 Å². The molecule has 0 aliphatic heterocycles. The molecule has 0 aliphatic rings. The highest BCUT2D eigenvalue weighted by atomic mass is 19.4. The standard InChI is InChI=1S/C9H18F3N3O/c10-9(11,12)7-15(5-6-16)4-2-1-3-8(13)14/h16H,1-7H2,(H3,13,14). The molecule has 0 aromatic heterocycles. The van der Waals surface area contributed by atoms with E-state index in [0.717, 1.165) is 4.90 Å². The topological polar surface area (TPSA) is 73.3 Å². The molecule has 0 atom stereocenters. The number of halogens is 3. The Balaban J connectivity index is 3.80. The van der Waals surface area contributed by atoms with Crippen molar-refractivity contribution in [3.63, 3.8) is 0 Å². The average molecular weight is 241 g/mol. The third kappa shape index (κ3) is 9.72. The zero-order valence-electron chi connectivity index (χ0n) is 9.06. The molecule has 4 nitrogen and oxygen atoms in total. The molecule has 0 radical (unpaired) electrons. The molecule has 0 spiro atoms. The molecule has 0 aromatic rings. The lowest BCUT2D eigenvalue weighted by Crippen LogP contribution is -2.36. The molecule has 0 heterocycles. The number of unbranched alkanes of at least 4 members (excludes halogenated alkanes) is 1. The van der Waals surface area contributed by atoms with Crippen LogP contribution in [0.15, 0.2) is 0 Å². The summed E-state index contributed by atoms with van der Waals surface area (Å²) in [6.45, 7) is -1.02. The van der Waals surface area contributed by atoms with E-state index in [1.165, 1.54) is 0 Å². The predicted molar refractivity (Wildman–Crippen MR) is 55.3 cm³/mol. The lowest BCUT2D eigenvalue weighted by atomic mass is 10.2. The van der Waals surface area contributed by atoms with E-state index in [1.54, 1.807) is 0 Å². The first-order chi connectivity index (χ1) is 7.35. The molecule has 0 amide bonds. The number of hydrogen-bond donors (Lipinski definition) is 3. The molecule has 0 rings (SSSR count). The number of hydrogen-bond acceptors (Lipinski definition) is 3. The maximum atomic E-state index is 12.1. The third-order valence-electron chi connectivity index (χ3n) is 1.99. The van der Waals surface area contributed by atoms with Gasteiger partial charge in [0.05, 0.1) is 19.0 Å². The summed E-state index contributed by atoms with van der Waals surface area (Å²) in [7, 11) is 0. The SMILES string of the molecule is N=C(N)CCCCN(CCO)CC(F)(F)F. The van der Waals surface area contributed by atoms with Gasteiger partial charge in [0, 0.05) is 13.0 Å². The maximum absolute atomic E-state index is 12.1. The minimum atomic E-state index is -4.24. The van der Waals surface area contributed by atoms with Crippen LogP contribution in [0.5, 0.6) is 0 Å². The van der Waals surface area contributed by atoms with E-state index >= 15 is 0 Å². The zero-order chi connectivity index (χ0) is 12.6.